The van der Waals surface area contributed by atoms with Crippen LogP contribution in [0.1, 0.15) is 11.1 Å². The van der Waals surface area contributed by atoms with Gasteiger partial charge in [0.25, 0.3) is 15.7 Å². The molecule has 2 rings (SSSR count). The van der Waals surface area contributed by atoms with Crippen LogP contribution in [0, 0.1) is 24.0 Å². The summed E-state index contributed by atoms with van der Waals surface area (Å²) in [7, 11) is -4.10. The lowest BCUT2D eigenvalue weighted by Gasteiger charge is -2.15. The van der Waals surface area contributed by atoms with Crippen molar-refractivity contribution in [2.75, 3.05) is 10.5 Å². The van der Waals surface area contributed by atoms with Crippen molar-refractivity contribution < 1.29 is 13.3 Å². The number of hydrogen-bond acceptors (Lipinski definition) is 5. The molecule has 0 aliphatic carbocycles. The second-order valence-corrected chi connectivity index (χ2v) is 7.48. The minimum absolute atomic E-state index is 0.0102. The molecule has 0 amide bonds. The molecule has 0 atom stereocenters. The van der Waals surface area contributed by atoms with Crippen molar-refractivity contribution in [1.82, 2.24) is 0 Å². The van der Waals surface area contributed by atoms with E-state index in [4.69, 9.17) is 28.9 Å². The quantitative estimate of drug-likeness (QED) is 0.467. The standard InChI is InChI=1S/C14H13Cl2N3O4S/c1-7-5-10(15)8(2)14(13(7)16)24(22,23)18-9-3-4-11(17)12(6-9)19(20)21/h3-6,18H,17H2,1-2H3. The van der Waals surface area contributed by atoms with E-state index in [9.17, 15) is 18.5 Å². The number of nitro groups is 1. The highest BCUT2D eigenvalue weighted by Gasteiger charge is 2.25. The number of sulfonamides is 1. The van der Waals surface area contributed by atoms with Crippen LogP contribution in [0.4, 0.5) is 17.1 Å². The molecule has 0 spiro atoms. The molecule has 0 aliphatic rings. The van der Waals surface area contributed by atoms with E-state index in [2.05, 4.69) is 4.72 Å². The van der Waals surface area contributed by atoms with Crippen molar-refractivity contribution in [2.24, 2.45) is 0 Å². The van der Waals surface area contributed by atoms with Gasteiger partial charge < -0.3 is 5.73 Å². The Bertz CT molecular complexity index is 919. The summed E-state index contributed by atoms with van der Waals surface area (Å²) in [6.07, 6.45) is 0. The Morgan fingerprint density at radius 2 is 1.83 bits per heavy atom. The molecule has 0 radical (unpaired) electrons. The predicted molar refractivity (Wildman–Crippen MR) is 94.3 cm³/mol. The maximum absolute atomic E-state index is 12.7. The van der Waals surface area contributed by atoms with E-state index in [1.807, 2.05) is 0 Å². The Kier molecular flexibility index (Phi) is 4.93. The first-order valence-electron chi connectivity index (χ1n) is 6.56. The first-order chi connectivity index (χ1) is 11.0. The van der Waals surface area contributed by atoms with Crippen molar-refractivity contribution in [3.63, 3.8) is 0 Å². The van der Waals surface area contributed by atoms with Crippen molar-refractivity contribution >= 4 is 50.3 Å². The molecule has 0 heterocycles. The average molecular weight is 390 g/mol. The van der Waals surface area contributed by atoms with Crippen LogP contribution in [0.15, 0.2) is 29.2 Å². The normalized spacial score (nSPS) is 11.3. The van der Waals surface area contributed by atoms with Crippen LogP contribution in [0.25, 0.3) is 0 Å². The summed E-state index contributed by atoms with van der Waals surface area (Å²) >= 11 is 12.2. The van der Waals surface area contributed by atoms with E-state index >= 15 is 0 Å². The molecule has 128 valence electrons. The van der Waals surface area contributed by atoms with Crippen molar-refractivity contribution in [3.8, 4) is 0 Å². The van der Waals surface area contributed by atoms with Crippen molar-refractivity contribution in [2.45, 2.75) is 18.7 Å². The molecule has 0 aliphatic heterocycles. The van der Waals surface area contributed by atoms with E-state index in [0.29, 0.717) is 5.56 Å². The van der Waals surface area contributed by atoms with Gasteiger partial charge in [0.15, 0.2) is 0 Å². The minimum atomic E-state index is -4.10. The third kappa shape index (κ3) is 3.40. The van der Waals surface area contributed by atoms with E-state index < -0.39 is 20.6 Å². The highest BCUT2D eigenvalue weighted by Crippen LogP contribution is 2.35. The summed E-state index contributed by atoms with van der Waals surface area (Å²) in [5, 5.41) is 11.2. The van der Waals surface area contributed by atoms with Crippen LogP contribution in [-0.2, 0) is 10.0 Å². The van der Waals surface area contributed by atoms with E-state index in [0.717, 1.165) is 6.07 Å². The third-order valence-corrected chi connectivity index (χ3v) is 5.88. The Hall–Kier alpha value is -2.03. The number of halogens is 2. The zero-order valence-corrected chi connectivity index (χ0v) is 15.0. The summed E-state index contributed by atoms with van der Waals surface area (Å²) in [5.74, 6) is 0. The van der Waals surface area contributed by atoms with Crippen LogP contribution >= 0.6 is 23.2 Å². The fourth-order valence-electron chi connectivity index (χ4n) is 2.10. The van der Waals surface area contributed by atoms with Crippen molar-refractivity contribution in [1.29, 1.82) is 0 Å². The van der Waals surface area contributed by atoms with Gasteiger partial charge in [-0.05, 0) is 43.2 Å². The van der Waals surface area contributed by atoms with E-state index in [1.54, 1.807) is 13.0 Å². The van der Waals surface area contributed by atoms with Gasteiger partial charge in [0.1, 0.15) is 10.6 Å². The van der Waals surface area contributed by atoms with Gasteiger partial charge in [0.2, 0.25) is 0 Å². The second kappa shape index (κ2) is 6.46. The fraction of sp³-hybridized carbons (Fsp3) is 0.143. The molecule has 0 bridgehead atoms. The third-order valence-electron chi connectivity index (χ3n) is 3.34. The maximum Gasteiger partial charge on any atom is 0.294 e. The topological polar surface area (TPSA) is 115 Å². The molecule has 7 nitrogen and oxygen atoms in total. The van der Waals surface area contributed by atoms with E-state index in [1.165, 1.54) is 19.1 Å². The van der Waals surface area contributed by atoms with Crippen LogP contribution in [0.2, 0.25) is 10.0 Å². The number of hydrogen-bond donors (Lipinski definition) is 2. The van der Waals surface area contributed by atoms with Crippen LogP contribution < -0.4 is 10.5 Å². The Morgan fingerprint density at radius 1 is 1.21 bits per heavy atom. The summed E-state index contributed by atoms with van der Waals surface area (Å²) in [5.41, 5.74) is 5.79. The van der Waals surface area contributed by atoms with Gasteiger partial charge in [-0.1, -0.05) is 23.2 Å². The Morgan fingerprint density at radius 3 is 2.42 bits per heavy atom. The molecule has 10 heteroatoms. The van der Waals surface area contributed by atoms with Gasteiger partial charge in [-0.15, -0.1) is 0 Å². The average Bonchev–Trinajstić information content (AvgIpc) is 2.46. The Balaban J connectivity index is 2.55. The number of rotatable bonds is 4. The number of aryl methyl sites for hydroxylation is 1. The highest BCUT2D eigenvalue weighted by atomic mass is 35.5. The molecular formula is C14H13Cl2N3O4S. The summed E-state index contributed by atoms with van der Waals surface area (Å²) in [6, 6.07) is 5.16. The number of benzene rings is 2. The smallest absolute Gasteiger partial charge is 0.294 e. The van der Waals surface area contributed by atoms with Gasteiger partial charge in [-0.3, -0.25) is 14.8 Å². The Labute approximate surface area is 148 Å². The van der Waals surface area contributed by atoms with Gasteiger partial charge >= 0.3 is 0 Å². The largest absolute Gasteiger partial charge is 0.393 e. The van der Waals surface area contributed by atoms with Gasteiger partial charge in [-0.25, -0.2) is 8.42 Å². The van der Waals surface area contributed by atoms with Crippen LogP contribution in [0.3, 0.4) is 0 Å². The monoisotopic (exact) mass is 389 g/mol. The number of anilines is 2. The first kappa shape index (κ1) is 18.3. The molecule has 2 aromatic rings. The molecule has 0 saturated heterocycles. The molecule has 0 saturated carbocycles. The molecule has 0 fully saturated rings. The summed E-state index contributed by atoms with van der Waals surface area (Å²) in [6.45, 7) is 3.15. The molecule has 24 heavy (non-hydrogen) atoms. The van der Waals surface area contributed by atoms with Gasteiger partial charge in [0.05, 0.1) is 15.6 Å². The summed E-state index contributed by atoms with van der Waals surface area (Å²) < 4.78 is 27.6. The first-order valence-corrected chi connectivity index (χ1v) is 8.80. The van der Waals surface area contributed by atoms with Crippen LogP contribution in [-0.4, -0.2) is 13.3 Å². The van der Waals surface area contributed by atoms with Gasteiger partial charge in [0, 0.05) is 11.1 Å². The lowest BCUT2D eigenvalue weighted by Crippen LogP contribution is -2.16. The number of nitro benzene ring substituents is 1. The number of nitrogens with two attached hydrogens (primary N) is 1. The number of nitrogen functional groups attached to an aromatic ring is 1. The zero-order chi connectivity index (χ0) is 18.2. The molecular weight excluding hydrogens is 377 g/mol. The highest BCUT2D eigenvalue weighted by molar-refractivity contribution is 7.93. The SMILES string of the molecule is Cc1cc(Cl)c(C)c(S(=O)(=O)Nc2ccc(N)c([N+](=O)[O-])c2)c1Cl. The molecule has 0 unspecified atom stereocenters. The lowest BCUT2D eigenvalue weighted by atomic mass is 10.2. The summed E-state index contributed by atoms with van der Waals surface area (Å²) in [4.78, 5) is 10.0. The number of nitrogens with one attached hydrogen (secondary N) is 1. The number of nitrogens with zero attached hydrogens (tertiary/aromatic N) is 1. The molecule has 2 aromatic carbocycles. The zero-order valence-electron chi connectivity index (χ0n) is 12.6. The second-order valence-electron chi connectivity index (χ2n) is 5.08. The van der Waals surface area contributed by atoms with Gasteiger partial charge in [-0.2, -0.15) is 0 Å². The maximum atomic E-state index is 12.7. The fourth-order valence-corrected chi connectivity index (χ4v) is 4.37. The minimum Gasteiger partial charge on any atom is -0.393 e. The predicted octanol–water partition coefficient (Wildman–Crippen LogP) is 3.90. The molecule has 0 aromatic heterocycles. The molecule has 3 N–H and O–H groups in total. The van der Waals surface area contributed by atoms with Crippen molar-refractivity contribution in [3.05, 3.63) is 55.6 Å². The van der Waals surface area contributed by atoms with E-state index in [-0.39, 0.29) is 31.9 Å². The lowest BCUT2D eigenvalue weighted by molar-refractivity contribution is -0.383. The van der Waals surface area contributed by atoms with Crippen LogP contribution in [0.5, 0.6) is 0 Å².